The van der Waals surface area contributed by atoms with Crippen molar-refractivity contribution in [3.8, 4) is 0 Å². The van der Waals surface area contributed by atoms with Crippen molar-refractivity contribution in [3.05, 3.63) is 52.8 Å². The summed E-state index contributed by atoms with van der Waals surface area (Å²) in [4.78, 5) is 16.4. The molecule has 1 aliphatic rings. The number of para-hydroxylation sites is 1. The van der Waals surface area contributed by atoms with Crippen LogP contribution in [0, 0.1) is 6.92 Å². The van der Waals surface area contributed by atoms with Crippen LogP contribution in [0.3, 0.4) is 0 Å². The van der Waals surface area contributed by atoms with Gasteiger partial charge in [-0.15, -0.1) is 0 Å². The highest BCUT2D eigenvalue weighted by Crippen LogP contribution is 2.26. The Labute approximate surface area is 122 Å². The second-order valence-electron chi connectivity index (χ2n) is 4.81. The standard InChI is InChI=1S/C15H14ClN3O/c1-9-11(6-7-14(16)17-9)19-15(20)13-8-10-4-2-3-5-12(10)18-13/h2-7,13,18H,8H2,1H3,(H,19,20). The molecule has 4 nitrogen and oxygen atoms in total. The maximum absolute atomic E-state index is 12.3. The van der Waals surface area contributed by atoms with Gasteiger partial charge in [0.2, 0.25) is 5.91 Å². The molecule has 0 aliphatic carbocycles. The van der Waals surface area contributed by atoms with Crippen LogP contribution in [0.25, 0.3) is 0 Å². The number of nitrogens with zero attached hydrogens (tertiary/aromatic N) is 1. The van der Waals surface area contributed by atoms with Crippen LogP contribution in [0.1, 0.15) is 11.3 Å². The first-order chi connectivity index (χ1) is 9.63. The summed E-state index contributed by atoms with van der Waals surface area (Å²) in [6, 6.07) is 11.1. The molecule has 2 aromatic rings. The van der Waals surface area contributed by atoms with Crippen LogP contribution >= 0.6 is 11.6 Å². The highest BCUT2D eigenvalue weighted by molar-refractivity contribution is 6.29. The lowest BCUT2D eigenvalue weighted by atomic mass is 10.1. The van der Waals surface area contributed by atoms with Crippen molar-refractivity contribution >= 4 is 28.9 Å². The summed E-state index contributed by atoms with van der Waals surface area (Å²) in [5.41, 5.74) is 3.59. The largest absolute Gasteiger partial charge is 0.373 e. The summed E-state index contributed by atoms with van der Waals surface area (Å²) in [6.07, 6.45) is 0.697. The summed E-state index contributed by atoms with van der Waals surface area (Å²) in [5.74, 6) is -0.0616. The van der Waals surface area contributed by atoms with Gasteiger partial charge in [-0.1, -0.05) is 29.8 Å². The van der Waals surface area contributed by atoms with Crippen LogP contribution in [0.15, 0.2) is 36.4 Å². The van der Waals surface area contributed by atoms with Crippen molar-refractivity contribution in [1.82, 2.24) is 4.98 Å². The topological polar surface area (TPSA) is 54.0 Å². The Kier molecular flexibility index (Phi) is 3.32. The van der Waals surface area contributed by atoms with Crippen LogP contribution in [-0.2, 0) is 11.2 Å². The molecule has 102 valence electrons. The predicted molar refractivity (Wildman–Crippen MR) is 80.2 cm³/mol. The van der Waals surface area contributed by atoms with Gasteiger partial charge in [0.05, 0.1) is 11.4 Å². The van der Waals surface area contributed by atoms with Crippen molar-refractivity contribution < 1.29 is 4.79 Å². The van der Waals surface area contributed by atoms with Crippen molar-refractivity contribution in [1.29, 1.82) is 0 Å². The SMILES string of the molecule is Cc1nc(Cl)ccc1NC(=O)C1Cc2ccccc2N1. The molecule has 1 atom stereocenters. The first-order valence-electron chi connectivity index (χ1n) is 6.42. The first-order valence-corrected chi connectivity index (χ1v) is 6.80. The second kappa shape index (κ2) is 5.13. The number of pyridine rings is 1. The fourth-order valence-corrected chi connectivity index (χ4v) is 2.53. The Hall–Kier alpha value is -2.07. The Morgan fingerprint density at radius 3 is 2.90 bits per heavy atom. The molecule has 0 bridgehead atoms. The van der Waals surface area contributed by atoms with Gasteiger partial charge in [-0.3, -0.25) is 4.79 Å². The molecule has 1 aliphatic heterocycles. The van der Waals surface area contributed by atoms with E-state index in [0.29, 0.717) is 23.0 Å². The molecular formula is C15H14ClN3O. The third kappa shape index (κ3) is 2.47. The maximum atomic E-state index is 12.3. The van der Waals surface area contributed by atoms with E-state index in [1.165, 1.54) is 5.56 Å². The van der Waals surface area contributed by atoms with Gasteiger partial charge in [0.15, 0.2) is 0 Å². The predicted octanol–water partition coefficient (Wildman–Crippen LogP) is 3.02. The first kappa shape index (κ1) is 12.9. The number of aryl methyl sites for hydroxylation is 1. The Balaban J connectivity index is 1.72. The van der Waals surface area contributed by atoms with E-state index in [2.05, 4.69) is 15.6 Å². The van der Waals surface area contributed by atoms with Crippen LogP contribution in [0.5, 0.6) is 0 Å². The van der Waals surface area contributed by atoms with Crippen molar-refractivity contribution in [2.24, 2.45) is 0 Å². The number of hydrogen-bond donors (Lipinski definition) is 2. The summed E-state index contributed by atoms with van der Waals surface area (Å²) in [6.45, 7) is 1.82. The van der Waals surface area contributed by atoms with Gasteiger partial charge in [-0.05, 0) is 30.7 Å². The van der Waals surface area contributed by atoms with Gasteiger partial charge in [0, 0.05) is 12.1 Å². The molecule has 2 heterocycles. The minimum absolute atomic E-state index is 0.0616. The lowest BCUT2D eigenvalue weighted by molar-refractivity contribution is -0.116. The zero-order valence-corrected chi connectivity index (χ0v) is 11.7. The quantitative estimate of drug-likeness (QED) is 0.835. The third-order valence-corrected chi connectivity index (χ3v) is 3.61. The van der Waals surface area contributed by atoms with E-state index in [1.807, 2.05) is 31.2 Å². The highest BCUT2D eigenvalue weighted by atomic mass is 35.5. The molecule has 0 saturated heterocycles. The number of aromatic nitrogens is 1. The number of halogens is 1. The maximum Gasteiger partial charge on any atom is 0.247 e. The molecule has 2 N–H and O–H groups in total. The molecule has 0 saturated carbocycles. The molecular weight excluding hydrogens is 274 g/mol. The normalized spacial score (nSPS) is 16.4. The Bertz CT molecular complexity index is 647. The number of benzene rings is 1. The molecule has 1 amide bonds. The number of anilines is 2. The van der Waals surface area contributed by atoms with E-state index in [-0.39, 0.29) is 11.9 Å². The number of nitrogens with one attached hydrogen (secondary N) is 2. The van der Waals surface area contributed by atoms with Crippen LogP contribution in [0.2, 0.25) is 5.15 Å². The van der Waals surface area contributed by atoms with Gasteiger partial charge in [-0.2, -0.15) is 0 Å². The van der Waals surface area contributed by atoms with E-state index in [9.17, 15) is 4.79 Å². The molecule has 1 unspecified atom stereocenters. The van der Waals surface area contributed by atoms with E-state index in [1.54, 1.807) is 12.1 Å². The van der Waals surface area contributed by atoms with Crippen molar-refractivity contribution in [2.75, 3.05) is 10.6 Å². The highest BCUT2D eigenvalue weighted by Gasteiger charge is 2.26. The summed E-state index contributed by atoms with van der Waals surface area (Å²) < 4.78 is 0. The molecule has 0 fully saturated rings. The second-order valence-corrected chi connectivity index (χ2v) is 5.20. The minimum Gasteiger partial charge on any atom is -0.373 e. The summed E-state index contributed by atoms with van der Waals surface area (Å²) in [5, 5.41) is 6.54. The monoisotopic (exact) mass is 287 g/mol. The van der Waals surface area contributed by atoms with Crippen molar-refractivity contribution in [3.63, 3.8) is 0 Å². The molecule has 1 aromatic heterocycles. The Morgan fingerprint density at radius 2 is 2.15 bits per heavy atom. The van der Waals surface area contributed by atoms with Gasteiger partial charge < -0.3 is 10.6 Å². The number of rotatable bonds is 2. The summed E-state index contributed by atoms with van der Waals surface area (Å²) >= 11 is 5.81. The summed E-state index contributed by atoms with van der Waals surface area (Å²) in [7, 11) is 0. The fraction of sp³-hybridized carbons (Fsp3) is 0.200. The van der Waals surface area contributed by atoms with E-state index in [4.69, 9.17) is 11.6 Å². The van der Waals surface area contributed by atoms with Gasteiger partial charge in [0.1, 0.15) is 11.2 Å². The van der Waals surface area contributed by atoms with E-state index >= 15 is 0 Å². The van der Waals surface area contributed by atoms with Gasteiger partial charge in [-0.25, -0.2) is 4.98 Å². The molecule has 0 spiro atoms. The number of carbonyl (C=O) groups excluding carboxylic acids is 1. The average Bonchev–Trinajstić information content (AvgIpc) is 2.86. The van der Waals surface area contributed by atoms with E-state index in [0.717, 1.165) is 5.69 Å². The van der Waals surface area contributed by atoms with E-state index < -0.39 is 0 Å². The molecule has 1 aromatic carbocycles. The molecule has 5 heteroatoms. The third-order valence-electron chi connectivity index (χ3n) is 3.40. The minimum atomic E-state index is -0.248. The van der Waals surface area contributed by atoms with Crippen LogP contribution in [-0.4, -0.2) is 16.9 Å². The molecule has 0 radical (unpaired) electrons. The zero-order chi connectivity index (χ0) is 14.1. The number of hydrogen-bond acceptors (Lipinski definition) is 3. The lowest BCUT2D eigenvalue weighted by Crippen LogP contribution is -2.33. The molecule has 20 heavy (non-hydrogen) atoms. The van der Waals surface area contributed by atoms with Crippen LogP contribution < -0.4 is 10.6 Å². The Morgan fingerprint density at radius 1 is 1.35 bits per heavy atom. The molecule has 3 rings (SSSR count). The fourth-order valence-electron chi connectivity index (χ4n) is 2.34. The number of amides is 1. The number of fused-ring (bicyclic) bond motifs is 1. The van der Waals surface area contributed by atoms with Gasteiger partial charge >= 0.3 is 0 Å². The zero-order valence-electron chi connectivity index (χ0n) is 11.0. The lowest BCUT2D eigenvalue weighted by Gasteiger charge is -2.13. The van der Waals surface area contributed by atoms with Crippen LogP contribution in [0.4, 0.5) is 11.4 Å². The van der Waals surface area contributed by atoms with Crippen molar-refractivity contribution in [2.45, 2.75) is 19.4 Å². The van der Waals surface area contributed by atoms with Gasteiger partial charge in [0.25, 0.3) is 0 Å². The number of carbonyl (C=O) groups is 1. The average molecular weight is 288 g/mol. The smallest absolute Gasteiger partial charge is 0.247 e.